The molecule has 0 aliphatic carbocycles. The summed E-state index contributed by atoms with van der Waals surface area (Å²) in [5.41, 5.74) is 5.68. The van der Waals surface area contributed by atoms with E-state index in [1.165, 1.54) is 25.1 Å². The summed E-state index contributed by atoms with van der Waals surface area (Å²) in [4.78, 5) is 0. The number of hydrogen-bond acceptors (Lipinski definition) is 2. The lowest BCUT2D eigenvalue weighted by Gasteiger charge is -2.18. The van der Waals surface area contributed by atoms with Crippen LogP contribution in [-0.2, 0) is 12.8 Å². The average molecular weight is 385 g/mol. The smallest absolute Gasteiger partial charge is 0.0656 e. The molecule has 1 aromatic heterocycles. The highest BCUT2D eigenvalue weighted by Gasteiger charge is 2.14. The molecule has 0 amide bonds. The van der Waals surface area contributed by atoms with Crippen LogP contribution in [0.5, 0.6) is 0 Å². The highest BCUT2D eigenvalue weighted by molar-refractivity contribution is 14.1. The highest BCUT2D eigenvalue weighted by atomic mass is 127. The molecule has 1 unspecified atom stereocenters. The minimum absolute atomic E-state index is 0.302. The lowest BCUT2D eigenvalue weighted by Crippen LogP contribution is -2.17. The fourth-order valence-electron chi connectivity index (χ4n) is 2.50. The Hall–Kier alpha value is -0.390. The number of nitrogens with one attached hydrogen (secondary N) is 1. The van der Waals surface area contributed by atoms with Crippen LogP contribution in [0.2, 0.25) is 0 Å². The predicted octanol–water partition coefficient (Wildman–Crippen LogP) is 4.79. The minimum atomic E-state index is 0.302. The van der Waals surface area contributed by atoms with Gasteiger partial charge in [0.1, 0.15) is 0 Å². The maximum atomic E-state index is 3.44. The molecule has 0 aliphatic rings. The average Bonchev–Trinajstić information content (AvgIpc) is 2.86. The number of aryl methyl sites for hydroxylation is 2. The van der Waals surface area contributed by atoms with Gasteiger partial charge in [0.25, 0.3) is 0 Å². The first-order chi connectivity index (χ1) is 9.19. The highest BCUT2D eigenvalue weighted by Crippen LogP contribution is 2.28. The van der Waals surface area contributed by atoms with Crippen LogP contribution < -0.4 is 5.32 Å². The summed E-state index contributed by atoms with van der Waals surface area (Å²) >= 11 is 4.19. The topological polar surface area (TPSA) is 12.0 Å². The van der Waals surface area contributed by atoms with Crippen molar-refractivity contribution in [3.8, 4) is 0 Å². The zero-order valence-corrected chi connectivity index (χ0v) is 14.6. The molecule has 1 heterocycles. The van der Waals surface area contributed by atoms with Crippen LogP contribution in [0.3, 0.4) is 0 Å². The standard InChI is InChI=1S/C16H20INS/c1-4-11-6-7-13(8-12(11)5-2)16(18-3)14-9-15(17)19-10-14/h6-10,16,18H,4-5H2,1-3H3. The van der Waals surface area contributed by atoms with Gasteiger partial charge in [-0.05, 0) is 76.2 Å². The van der Waals surface area contributed by atoms with Gasteiger partial charge in [-0.2, -0.15) is 0 Å². The summed E-state index contributed by atoms with van der Waals surface area (Å²) in [6.45, 7) is 4.46. The monoisotopic (exact) mass is 385 g/mol. The third kappa shape index (κ3) is 3.38. The van der Waals surface area contributed by atoms with Crippen molar-refractivity contribution in [1.29, 1.82) is 0 Å². The maximum Gasteiger partial charge on any atom is 0.0656 e. The molecular weight excluding hydrogens is 365 g/mol. The summed E-state index contributed by atoms with van der Waals surface area (Å²) in [6, 6.07) is 9.49. The number of rotatable bonds is 5. The van der Waals surface area contributed by atoms with Gasteiger partial charge in [0.2, 0.25) is 0 Å². The van der Waals surface area contributed by atoms with Crippen LogP contribution in [0.4, 0.5) is 0 Å². The van der Waals surface area contributed by atoms with Crippen LogP contribution in [0.25, 0.3) is 0 Å². The largest absolute Gasteiger partial charge is 0.309 e. The van der Waals surface area contributed by atoms with Crippen LogP contribution >= 0.6 is 33.9 Å². The van der Waals surface area contributed by atoms with E-state index in [0.29, 0.717) is 6.04 Å². The SMILES string of the molecule is CCc1ccc(C(NC)c2csc(I)c2)cc1CC. The summed E-state index contributed by atoms with van der Waals surface area (Å²) in [5.74, 6) is 0. The Labute approximate surface area is 133 Å². The fourth-order valence-corrected chi connectivity index (χ4v) is 3.90. The number of thiophene rings is 1. The van der Waals surface area contributed by atoms with E-state index in [4.69, 9.17) is 0 Å². The Morgan fingerprint density at radius 2 is 1.84 bits per heavy atom. The molecule has 0 saturated heterocycles. The Bertz CT molecular complexity index is 547. The molecule has 1 aromatic carbocycles. The van der Waals surface area contributed by atoms with Crippen LogP contribution in [0.15, 0.2) is 29.6 Å². The molecule has 0 spiro atoms. The van der Waals surface area contributed by atoms with E-state index >= 15 is 0 Å². The summed E-state index contributed by atoms with van der Waals surface area (Å²) in [7, 11) is 2.04. The minimum Gasteiger partial charge on any atom is -0.309 e. The Kier molecular flexibility index (Phi) is 5.42. The number of hydrogen-bond donors (Lipinski definition) is 1. The zero-order chi connectivity index (χ0) is 13.8. The van der Waals surface area contributed by atoms with Gasteiger partial charge in [-0.1, -0.05) is 32.0 Å². The molecule has 3 heteroatoms. The van der Waals surface area contributed by atoms with Crippen LogP contribution in [0.1, 0.15) is 42.1 Å². The summed E-state index contributed by atoms with van der Waals surface area (Å²) < 4.78 is 1.34. The second kappa shape index (κ2) is 6.86. The third-order valence-corrected chi connectivity index (χ3v) is 5.34. The molecular formula is C16H20INS. The fraction of sp³-hybridized carbons (Fsp3) is 0.375. The van der Waals surface area contributed by atoms with Crippen molar-refractivity contribution in [2.75, 3.05) is 7.05 Å². The molecule has 2 rings (SSSR count). The molecule has 19 heavy (non-hydrogen) atoms. The van der Waals surface area contributed by atoms with Gasteiger partial charge in [0, 0.05) is 0 Å². The van der Waals surface area contributed by atoms with Crippen molar-refractivity contribution in [2.45, 2.75) is 32.7 Å². The summed E-state index contributed by atoms with van der Waals surface area (Å²) in [6.07, 6.45) is 2.22. The van der Waals surface area contributed by atoms with E-state index in [0.717, 1.165) is 12.8 Å². The Morgan fingerprint density at radius 3 is 2.37 bits per heavy atom. The van der Waals surface area contributed by atoms with Gasteiger partial charge < -0.3 is 5.32 Å². The third-order valence-electron chi connectivity index (χ3n) is 3.54. The number of halogens is 1. The van der Waals surface area contributed by atoms with Crippen molar-refractivity contribution in [2.24, 2.45) is 0 Å². The van der Waals surface area contributed by atoms with Gasteiger partial charge in [0.05, 0.1) is 8.93 Å². The molecule has 0 aliphatic heterocycles. The van der Waals surface area contributed by atoms with Gasteiger partial charge in [-0.25, -0.2) is 0 Å². The molecule has 0 saturated carbocycles. The second-order valence-corrected chi connectivity index (χ2v) is 7.45. The molecule has 2 aromatic rings. The van der Waals surface area contributed by atoms with E-state index in [9.17, 15) is 0 Å². The predicted molar refractivity (Wildman–Crippen MR) is 93.1 cm³/mol. The van der Waals surface area contributed by atoms with E-state index in [1.54, 1.807) is 0 Å². The van der Waals surface area contributed by atoms with E-state index < -0.39 is 0 Å². The summed E-state index contributed by atoms with van der Waals surface area (Å²) in [5, 5.41) is 5.69. The lowest BCUT2D eigenvalue weighted by molar-refractivity contribution is 0.692. The van der Waals surface area contributed by atoms with Gasteiger partial charge in [-0.3, -0.25) is 0 Å². The molecule has 1 nitrogen and oxygen atoms in total. The van der Waals surface area contributed by atoms with Crippen LogP contribution in [0, 0.1) is 2.88 Å². The lowest BCUT2D eigenvalue weighted by atomic mass is 9.94. The molecule has 0 bridgehead atoms. The van der Waals surface area contributed by atoms with E-state index in [2.05, 4.69) is 71.4 Å². The van der Waals surface area contributed by atoms with Crippen molar-refractivity contribution in [1.82, 2.24) is 5.32 Å². The number of benzene rings is 1. The Balaban J connectivity index is 2.38. The molecule has 1 atom stereocenters. The molecule has 0 radical (unpaired) electrons. The molecule has 102 valence electrons. The van der Waals surface area contributed by atoms with Crippen molar-refractivity contribution < 1.29 is 0 Å². The van der Waals surface area contributed by atoms with Crippen molar-refractivity contribution >= 4 is 33.9 Å². The van der Waals surface area contributed by atoms with Gasteiger partial charge in [0.15, 0.2) is 0 Å². The van der Waals surface area contributed by atoms with E-state index in [-0.39, 0.29) is 0 Å². The Morgan fingerprint density at radius 1 is 1.11 bits per heavy atom. The van der Waals surface area contributed by atoms with Crippen molar-refractivity contribution in [3.05, 3.63) is 54.8 Å². The second-order valence-electron chi connectivity index (χ2n) is 4.64. The maximum absolute atomic E-state index is 3.44. The first kappa shape index (κ1) is 15.0. The van der Waals surface area contributed by atoms with E-state index in [1.807, 2.05) is 18.4 Å². The first-order valence-corrected chi connectivity index (χ1v) is 8.68. The molecule has 0 fully saturated rings. The van der Waals surface area contributed by atoms with Crippen molar-refractivity contribution in [3.63, 3.8) is 0 Å². The molecule has 1 N–H and O–H groups in total. The quantitative estimate of drug-likeness (QED) is 0.730. The van der Waals surface area contributed by atoms with Gasteiger partial charge in [-0.15, -0.1) is 11.3 Å². The van der Waals surface area contributed by atoms with Gasteiger partial charge >= 0.3 is 0 Å². The zero-order valence-electron chi connectivity index (χ0n) is 11.7. The first-order valence-electron chi connectivity index (χ1n) is 6.72. The van der Waals surface area contributed by atoms with Crippen LogP contribution in [-0.4, -0.2) is 7.05 Å². The normalized spacial score (nSPS) is 12.6.